The number of halogens is 1. The van der Waals surface area contributed by atoms with Crippen LogP contribution in [0.5, 0.6) is 0 Å². The van der Waals surface area contributed by atoms with Crippen molar-refractivity contribution in [1.29, 1.82) is 0 Å². The third-order valence-corrected chi connectivity index (χ3v) is 4.72. The average molecular weight is 318 g/mol. The molecule has 0 amide bonds. The van der Waals surface area contributed by atoms with Crippen LogP contribution >= 0.6 is 0 Å². The van der Waals surface area contributed by atoms with Crippen molar-refractivity contribution in [2.24, 2.45) is 23.7 Å². The maximum atomic E-state index is 2.38. The second-order valence-corrected chi connectivity index (χ2v) is 8.97. The zero-order valence-electron chi connectivity index (χ0n) is 16.8. The second kappa shape index (κ2) is 12.3. The summed E-state index contributed by atoms with van der Waals surface area (Å²) in [5.41, 5.74) is 0. The molecule has 2 heteroatoms. The highest BCUT2D eigenvalue weighted by Gasteiger charge is 2.27. The fourth-order valence-electron chi connectivity index (χ4n) is 2.80. The predicted molar refractivity (Wildman–Crippen MR) is 97.5 cm³/mol. The van der Waals surface area contributed by atoms with Gasteiger partial charge in [-0.05, 0) is 49.4 Å². The van der Waals surface area contributed by atoms with Gasteiger partial charge in [-0.2, -0.15) is 0 Å². The molecule has 22 heavy (non-hydrogen) atoms. The molecule has 0 saturated heterocycles. The van der Waals surface area contributed by atoms with Gasteiger partial charge in [0.2, 0.25) is 0 Å². The summed E-state index contributed by atoms with van der Waals surface area (Å²) >= 11 is 0. The van der Waals surface area contributed by atoms with E-state index in [9.17, 15) is 0 Å². The molecule has 0 unspecified atom stereocenters. The summed E-state index contributed by atoms with van der Waals surface area (Å²) in [4.78, 5) is 0. The third kappa shape index (κ3) is 12.4. The molecule has 0 atom stereocenters. The highest BCUT2D eigenvalue weighted by atomic mass is 19.0. The van der Waals surface area contributed by atoms with Crippen LogP contribution in [0.2, 0.25) is 0 Å². The molecule has 136 valence electrons. The number of rotatable bonds is 12. The van der Waals surface area contributed by atoms with E-state index in [1.54, 1.807) is 0 Å². The largest absolute Gasteiger partial charge is 1.00 e. The van der Waals surface area contributed by atoms with E-state index in [-0.39, 0.29) is 4.70 Å². The summed E-state index contributed by atoms with van der Waals surface area (Å²) in [5, 5.41) is 0. The Morgan fingerprint density at radius 2 is 0.636 bits per heavy atom. The molecule has 0 aromatic rings. The van der Waals surface area contributed by atoms with Gasteiger partial charge in [0.1, 0.15) is 0 Å². The Balaban J connectivity index is 0. The fourth-order valence-corrected chi connectivity index (χ4v) is 2.80. The summed E-state index contributed by atoms with van der Waals surface area (Å²) in [7, 11) is 0. The van der Waals surface area contributed by atoms with Crippen molar-refractivity contribution >= 4 is 0 Å². The van der Waals surface area contributed by atoms with Gasteiger partial charge in [-0.1, -0.05) is 55.4 Å². The molecule has 0 heterocycles. The number of hydrogen-bond acceptors (Lipinski definition) is 0. The minimum atomic E-state index is 0. The molecule has 0 spiro atoms. The summed E-state index contributed by atoms with van der Waals surface area (Å²) in [6, 6.07) is 0. The van der Waals surface area contributed by atoms with E-state index in [0.29, 0.717) is 0 Å². The summed E-state index contributed by atoms with van der Waals surface area (Å²) in [6.07, 6.45) is 5.53. The van der Waals surface area contributed by atoms with Gasteiger partial charge in [-0.15, -0.1) is 0 Å². The summed E-state index contributed by atoms with van der Waals surface area (Å²) < 4.78 is 1.38. The number of hydrogen-bond donors (Lipinski definition) is 0. The van der Waals surface area contributed by atoms with E-state index in [1.807, 2.05) is 0 Å². The van der Waals surface area contributed by atoms with Gasteiger partial charge in [0.25, 0.3) is 0 Å². The smallest absolute Gasteiger partial charge is 0.0789 e. The topological polar surface area (TPSA) is 0 Å². The number of quaternary nitrogens is 1. The van der Waals surface area contributed by atoms with Crippen molar-refractivity contribution in [3.63, 3.8) is 0 Å². The van der Waals surface area contributed by atoms with Gasteiger partial charge in [-0.3, -0.25) is 0 Å². The van der Waals surface area contributed by atoms with E-state index < -0.39 is 0 Å². The molecule has 0 N–H and O–H groups in total. The molecular formula is C20H44FN. The first-order valence-corrected chi connectivity index (χ1v) is 9.52. The molecular weight excluding hydrogens is 273 g/mol. The van der Waals surface area contributed by atoms with Crippen LogP contribution in [0.25, 0.3) is 0 Å². The third-order valence-electron chi connectivity index (χ3n) is 4.72. The Hall–Kier alpha value is -0.110. The highest BCUT2D eigenvalue weighted by molar-refractivity contribution is 4.56. The van der Waals surface area contributed by atoms with Crippen molar-refractivity contribution in [3.8, 4) is 0 Å². The molecule has 1 nitrogen and oxygen atoms in total. The minimum Gasteiger partial charge on any atom is -1.00 e. The van der Waals surface area contributed by atoms with E-state index in [2.05, 4.69) is 55.4 Å². The predicted octanol–water partition coefficient (Wildman–Crippen LogP) is 2.99. The summed E-state index contributed by atoms with van der Waals surface area (Å²) in [5.74, 6) is 3.33. The van der Waals surface area contributed by atoms with Crippen LogP contribution in [0.1, 0.15) is 81.1 Å². The van der Waals surface area contributed by atoms with Crippen molar-refractivity contribution in [2.75, 3.05) is 26.2 Å². The first-order valence-electron chi connectivity index (χ1n) is 9.52. The van der Waals surface area contributed by atoms with Crippen LogP contribution < -0.4 is 4.70 Å². The van der Waals surface area contributed by atoms with Crippen molar-refractivity contribution in [3.05, 3.63) is 0 Å². The molecule has 0 saturated carbocycles. The van der Waals surface area contributed by atoms with Crippen molar-refractivity contribution in [2.45, 2.75) is 81.1 Å². The van der Waals surface area contributed by atoms with Gasteiger partial charge < -0.3 is 9.19 Å². The van der Waals surface area contributed by atoms with Crippen LogP contribution in [0, 0.1) is 23.7 Å². The first-order chi connectivity index (χ1) is 9.67. The average Bonchev–Trinajstić information content (AvgIpc) is 2.36. The zero-order valence-corrected chi connectivity index (χ0v) is 16.8. The fraction of sp³-hybridized carbons (Fsp3) is 1.00. The van der Waals surface area contributed by atoms with Crippen molar-refractivity contribution in [1.82, 2.24) is 0 Å². The Labute approximate surface area is 140 Å². The quantitative estimate of drug-likeness (QED) is 0.486. The van der Waals surface area contributed by atoms with Crippen LogP contribution in [0.3, 0.4) is 0 Å². The standard InChI is InChI=1S/C20H44N.FH/c1-17(2)9-13-21(14-10-18(3)4,15-11-19(5)6)16-12-20(7)8;/h17-20H,9-16H2,1-8H3;1H/q+1;/p-1. The van der Waals surface area contributed by atoms with Gasteiger partial charge >= 0.3 is 0 Å². The van der Waals surface area contributed by atoms with E-state index >= 15 is 0 Å². The van der Waals surface area contributed by atoms with Crippen molar-refractivity contribution < 1.29 is 9.19 Å². The molecule has 0 aliphatic carbocycles. The summed E-state index contributed by atoms with van der Waals surface area (Å²) in [6.45, 7) is 24.6. The molecule has 0 aromatic carbocycles. The lowest BCUT2D eigenvalue weighted by molar-refractivity contribution is -0.930. The maximum Gasteiger partial charge on any atom is 0.0789 e. The van der Waals surface area contributed by atoms with Gasteiger partial charge in [0.05, 0.1) is 26.2 Å². The zero-order chi connectivity index (χ0) is 16.5. The molecule has 0 aliphatic heterocycles. The molecule has 0 rings (SSSR count). The van der Waals surface area contributed by atoms with Crippen LogP contribution in [-0.4, -0.2) is 30.7 Å². The van der Waals surface area contributed by atoms with E-state index in [0.717, 1.165) is 23.7 Å². The Morgan fingerprint density at radius 3 is 0.773 bits per heavy atom. The van der Waals surface area contributed by atoms with E-state index in [4.69, 9.17) is 0 Å². The molecule has 0 bridgehead atoms. The van der Waals surface area contributed by atoms with E-state index in [1.165, 1.54) is 56.3 Å². The Bertz CT molecular complexity index is 193. The number of nitrogens with zero attached hydrogens (tertiary/aromatic N) is 1. The van der Waals surface area contributed by atoms with Gasteiger partial charge in [-0.25, -0.2) is 0 Å². The first kappa shape index (κ1) is 24.1. The van der Waals surface area contributed by atoms with Crippen LogP contribution in [0.4, 0.5) is 0 Å². The SMILES string of the molecule is CC(C)CC[N+](CCC(C)C)(CCC(C)C)CCC(C)C.[F-]. The lowest BCUT2D eigenvalue weighted by atomic mass is 10.0. The van der Waals surface area contributed by atoms with Gasteiger partial charge in [0.15, 0.2) is 0 Å². The monoisotopic (exact) mass is 317 g/mol. The van der Waals surface area contributed by atoms with Crippen LogP contribution in [-0.2, 0) is 0 Å². The van der Waals surface area contributed by atoms with Crippen LogP contribution in [0.15, 0.2) is 0 Å². The second-order valence-electron chi connectivity index (χ2n) is 8.97. The Kier molecular flexibility index (Phi) is 13.5. The molecule has 0 radical (unpaired) electrons. The maximum absolute atomic E-state index is 2.38. The van der Waals surface area contributed by atoms with Gasteiger partial charge in [0, 0.05) is 0 Å². The molecule has 0 fully saturated rings. The molecule has 0 aromatic heterocycles. The normalized spacial score (nSPS) is 12.5. The molecule has 0 aliphatic rings. The lowest BCUT2D eigenvalue weighted by Crippen LogP contribution is -3.00. The lowest BCUT2D eigenvalue weighted by Gasteiger charge is -2.41. The Morgan fingerprint density at radius 1 is 0.455 bits per heavy atom. The minimum absolute atomic E-state index is 0. The highest BCUT2D eigenvalue weighted by Crippen LogP contribution is 2.21.